The van der Waals surface area contributed by atoms with E-state index in [1.165, 1.54) is 21.5 Å². The Bertz CT molecular complexity index is 1140. The van der Waals surface area contributed by atoms with Crippen LogP contribution in [0.4, 0.5) is 0 Å². The fourth-order valence-electron chi connectivity index (χ4n) is 3.15. The van der Waals surface area contributed by atoms with E-state index >= 15 is 0 Å². The van der Waals surface area contributed by atoms with Crippen LogP contribution in [0, 0.1) is 0 Å². The van der Waals surface area contributed by atoms with Crippen molar-refractivity contribution in [2.75, 3.05) is 0 Å². The molecule has 0 unspecified atom stereocenters. The number of pyridine rings is 1. The summed E-state index contributed by atoms with van der Waals surface area (Å²) in [6.45, 7) is 0. The van der Waals surface area contributed by atoms with Gasteiger partial charge >= 0.3 is 0 Å². The summed E-state index contributed by atoms with van der Waals surface area (Å²) < 4.78 is 2.17. The average Bonchev–Trinajstić information content (AvgIpc) is 2.90. The van der Waals surface area contributed by atoms with Crippen molar-refractivity contribution in [3.05, 3.63) is 72.9 Å². The average molecular weight is 268 g/mol. The minimum Gasteiger partial charge on any atom is -0.299 e. The van der Waals surface area contributed by atoms with E-state index in [2.05, 4.69) is 71.3 Å². The molecule has 0 N–H and O–H groups in total. The van der Waals surface area contributed by atoms with Crippen molar-refractivity contribution in [2.24, 2.45) is 0 Å². The summed E-state index contributed by atoms with van der Waals surface area (Å²) in [4.78, 5) is 4.74. The van der Waals surface area contributed by atoms with Crippen LogP contribution in [0.15, 0.2) is 72.9 Å². The molecule has 21 heavy (non-hydrogen) atoms. The first-order chi connectivity index (χ1) is 10.4. The Hall–Kier alpha value is -2.87. The highest BCUT2D eigenvalue weighted by Crippen LogP contribution is 2.28. The standard InChI is InChI=1S/C19H12N2/c1-2-6-15-13(5-1)9-10-14-12-21-18-8-4-3-7-17(18)20-19(21)11-16(14)15/h1-12H. The molecule has 0 amide bonds. The van der Waals surface area contributed by atoms with Crippen LogP contribution in [0.25, 0.3) is 38.2 Å². The van der Waals surface area contributed by atoms with Crippen molar-refractivity contribution in [3.63, 3.8) is 0 Å². The van der Waals surface area contributed by atoms with Crippen LogP contribution in [-0.4, -0.2) is 9.38 Å². The molecular weight excluding hydrogens is 256 g/mol. The molecule has 0 atom stereocenters. The zero-order chi connectivity index (χ0) is 13.8. The van der Waals surface area contributed by atoms with Crippen LogP contribution >= 0.6 is 0 Å². The number of aromatic nitrogens is 2. The van der Waals surface area contributed by atoms with Gasteiger partial charge in [0, 0.05) is 6.20 Å². The Balaban J connectivity index is 2.04. The molecule has 98 valence electrons. The largest absolute Gasteiger partial charge is 0.299 e. The van der Waals surface area contributed by atoms with E-state index in [1.807, 2.05) is 6.07 Å². The first kappa shape index (κ1) is 10.9. The molecule has 0 aliphatic rings. The molecule has 2 heteroatoms. The van der Waals surface area contributed by atoms with E-state index in [9.17, 15) is 0 Å². The van der Waals surface area contributed by atoms with Crippen molar-refractivity contribution in [1.82, 2.24) is 9.38 Å². The van der Waals surface area contributed by atoms with Crippen LogP contribution in [0.5, 0.6) is 0 Å². The normalized spacial score (nSPS) is 11.8. The van der Waals surface area contributed by atoms with E-state index < -0.39 is 0 Å². The monoisotopic (exact) mass is 268 g/mol. The molecule has 0 fully saturated rings. The number of fused-ring (bicyclic) bond motifs is 6. The van der Waals surface area contributed by atoms with Crippen LogP contribution in [0.1, 0.15) is 0 Å². The number of imidazole rings is 1. The minimum absolute atomic E-state index is 1.00. The lowest BCUT2D eigenvalue weighted by atomic mass is 10.0. The van der Waals surface area contributed by atoms with Gasteiger partial charge in [-0.3, -0.25) is 4.40 Å². The van der Waals surface area contributed by atoms with E-state index in [1.54, 1.807) is 0 Å². The summed E-state index contributed by atoms with van der Waals surface area (Å²) in [5.41, 5.74) is 3.19. The molecule has 5 rings (SSSR count). The van der Waals surface area contributed by atoms with Crippen molar-refractivity contribution in [3.8, 4) is 0 Å². The molecule has 0 saturated heterocycles. The third-order valence-corrected chi connectivity index (χ3v) is 4.17. The number of nitrogens with zero attached hydrogens (tertiary/aromatic N) is 2. The van der Waals surface area contributed by atoms with Gasteiger partial charge in [0.15, 0.2) is 0 Å². The van der Waals surface area contributed by atoms with Gasteiger partial charge in [0.05, 0.1) is 11.0 Å². The molecule has 2 aromatic heterocycles. The smallest absolute Gasteiger partial charge is 0.138 e. The summed E-state index contributed by atoms with van der Waals surface area (Å²) in [7, 11) is 0. The Morgan fingerprint density at radius 2 is 1.52 bits per heavy atom. The third-order valence-electron chi connectivity index (χ3n) is 4.17. The molecule has 0 aliphatic heterocycles. The third kappa shape index (κ3) is 1.44. The van der Waals surface area contributed by atoms with Crippen LogP contribution < -0.4 is 0 Å². The molecule has 2 nitrogen and oxygen atoms in total. The van der Waals surface area contributed by atoms with E-state index in [0.717, 1.165) is 16.7 Å². The van der Waals surface area contributed by atoms with Crippen molar-refractivity contribution in [1.29, 1.82) is 0 Å². The summed E-state index contributed by atoms with van der Waals surface area (Å²) in [5.74, 6) is 0. The van der Waals surface area contributed by atoms with Gasteiger partial charge in [-0.2, -0.15) is 0 Å². The lowest BCUT2D eigenvalue weighted by Gasteiger charge is -2.05. The van der Waals surface area contributed by atoms with Gasteiger partial charge in [-0.1, -0.05) is 48.5 Å². The van der Waals surface area contributed by atoms with Crippen LogP contribution in [0.2, 0.25) is 0 Å². The van der Waals surface area contributed by atoms with Crippen molar-refractivity contribution in [2.45, 2.75) is 0 Å². The number of benzene rings is 3. The highest BCUT2D eigenvalue weighted by Gasteiger charge is 2.07. The number of para-hydroxylation sites is 2. The Morgan fingerprint density at radius 1 is 0.714 bits per heavy atom. The zero-order valence-corrected chi connectivity index (χ0v) is 11.3. The quantitative estimate of drug-likeness (QED) is 0.369. The highest BCUT2D eigenvalue weighted by atomic mass is 15.0. The van der Waals surface area contributed by atoms with Gasteiger partial charge in [-0.15, -0.1) is 0 Å². The second-order valence-corrected chi connectivity index (χ2v) is 5.39. The van der Waals surface area contributed by atoms with Gasteiger partial charge in [-0.25, -0.2) is 4.98 Å². The number of rotatable bonds is 0. The first-order valence-electron chi connectivity index (χ1n) is 7.08. The lowest BCUT2D eigenvalue weighted by molar-refractivity contribution is 1.25. The summed E-state index contributed by atoms with van der Waals surface area (Å²) >= 11 is 0. The van der Waals surface area contributed by atoms with E-state index in [-0.39, 0.29) is 0 Å². The van der Waals surface area contributed by atoms with Crippen molar-refractivity contribution < 1.29 is 0 Å². The van der Waals surface area contributed by atoms with E-state index in [0.29, 0.717) is 0 Å². The Kier molecular flexibility index (Phi) is 1.98. The second kappa shape index (κ2) is 3.83. The fraction of sp³-hybridized carbons (Fsp3) is 0. The number of hydrogen-bond acceptors (Lipinski definition) is 1. The molecule has 5 aromatic rings. The van der Waals surface area contributed by atoms with Gasteiger partial charge in [0.25, 0.3) is 0 Å². The van der Waals surface area contributed by atoms with Gasteiger partial charge in [0.2, 0.25) is 0 Å². The van der Waals surface area contributed by atoms with Crippen LogP contribution in [0.3, 0.4) is 0 Å². The number of hydrogen-bond donors (Lipinski definition) is 0. The molecule has 0 saturated carbocycles. The molecule has 0 aliphatic carbocycles. The first-order valence-corrected chi connectivity index (χ1v) is 7.08. The topological polar surface area (TPSA) is 17.3 Å². The maximum Gasteiger partial charge on any atom is 0.138 e. The maximum absolute atomic E-state index is 4.74. The van der Waals surface area contributed by atoms with E-state index in [4.69, 9.17) is 4.98 Å². The van der Waals surface area contributed by atoms with Gasteiger partial charge < -0.3 is 0 Å². The predicted molar refractivity (Wildman–Crippen MR) is 87.7 cm³/mol. The molecule has 3 aromatic carbocycles. The molecule has 0 bridgehead atoms. The summed E-state index contributed by atoms with van der Waals surface area (Å²) in [6, 6.07) is 23.3. The Morgan fingerprint density at radius 3 is 2.52 bits per heavy atom. The van der Waals surface area contributed by atoms with Gasteiger partial charge in [0.1, 0.15) is 5.65 Å². The zero-order valence-electron chi connectivity index (χ0n) is 11.3. The molecule has 0 radical (unpaired) electrons. The predicted octanol–water partition coefficient (Wildman–Crippen LogP) is 4.79. The second-order valence-electron chi connectivity index (χ2n) is 5.39. The summed E-state index contributed by atoms with van der Waals surface area (Å²) in [6.07, 6.45) is 2.19. The molecular formula is C19H12N2. The maximum atomic E-state index is 4.74. The Labute approximate surface area is 121 Å². The SMILES string of the molecule is c1ccc2c(c1)ccc1cn3c(cc12)nc1ccccc13. The fourth-order valence-corrected chi connectivity index (χ4v) is 3.15. The lowest BCUT2D eigenvalue weighted by Crippen LogP contribution is -1.86. The van der Waals surface area contributed by atoms with Crippen molar-refractivity contribution >= 4 is 38.2 Å². The van der Waals surface area contributed by atoms with Crippen LogP contribution in [-0.2, 0) is 0 Å². The molecule has 2 heterocycles. The summed E-state index contributed by atoms with van der Waals surface area (Å²) in [5, 5.41) is 5.05. The molecule has 0 spiro atoms. The van der Waals surface area contributed by atoms with Gasteiger partial charge in [-0.05, 0) is 39.7 Å². The minimum atomic E-state index is 1.00. The highest BCUT2D eigenvalue weighted by molar-refractivity contribution is 6.08.